The first kappa shape index (κ1) is 25.7. The van der Waals surface area contributed by atoms with Gasteiger partial charge < -0.3 is 19.3 Å². The van der Waals surface area contributed by atoms with Crippen LogP contribution in [-0.4, -0.2) is 47.7 Å². The third kappa shape index (κ3) is 3.61. The summed E-state index contributed by atoms with van der Waals surface area (Å²) in [5.41, 5.74) is 3.47. The Morgan fingerprint density at radius 3 is 2.23 bits per heavy atom. The van der Waals surface area contributed by atoms with Gasteiger partial charge >= 0.3 is 0 Å². The Kier molecular flexibility index (Phi) is 5.76. The average Bonchev–Trinajstić information content (AvgIpc) is 3.47. The summed E-state index contributed by atoms with van der Waals surface area (Å²) in [6.07, 6.45) is 15.4. The molecule has 5 nitrogen and oxygen atoms in total. The van der Waals surface area contributed by atoms with E-state index >= 15 is 0 Å². The van der Waals surface area contributed by atoms with Gasteiger partial charge in [0.2, 0.25) is 0 Å². The minimum absolute atomic E-state index is 0.101. The van der Waals surface area contributed by atoms with Gasteiger partial charge in [-0.3, -0.25) is 4.79 Å². The molecule has 5 saturated carbocycles. The Bertz CT molecular complexity index is 1090. The summed E-state index contributed by atoms with van der Waals surface area (Å²) in [6.45, 7) is 9.25. The molecule has 5 heteroatoms. The quantitative estimate of drug-likeness (QED) is 0.430. The topological polar surface area (TPSA) is 65.0 Å². The van der Waals surface area contributed by atoms with Crippen LogP contribution >= 0.6 is 0 Å². The Morgan fingerprint density at radius 1 is 0.846 bits per heavy atom. The van der Waals surface area contributed by atoms with Crippen LogP contribution in [0.25, 0.3) is 0 Å². The van der Waals surface area contributed by atoms with Crippen LogP contribution in [0.1, 0.15) is 103 Å². The highest BCUT2D eigenvalue weighted by atomic mass is 16.7. The number of carbonyl (C=O) groups excluding carboxylic acids is 1. The lowest BCUT2D eigenvalue weighted by atomic mass is 9.47. The number of allylic oxidation sites excluding steroid dienone is 1. The number of rotatable bonds is 3. The Hall–Kier alpha value is -1.01. The number of ether oxygens (including phenoxy) is 3. The van der Waals surface area contributed by atoms with E-state index in [0.29, 0.717) is 60.9 Å². The van der Waals surface area contributed by atoms with Gasteiger partial charge in [-0.2, -0.15) is 0 Å². The molecule has 0 radical (unpaired) electrons. The van der Waals surface area contributed by atoms with Crippen molar-refractivity contribution >= 4 is 5.78 Å². The van der Waals surface area contributed by atoms with Crippen molar-refractivity contribution in [1.29, 1.82) is 0 Å². The highest BCUT2D eigenvalue weighted by Gasteiger charge is 2.67. The molecule has 2 heterocycles. The molecule has 214 valence electrons. The normalized spacial score (nSPS) is 48.9. The van der Waals surface area contributed by atoms with E-state index in [4.69, 9.17) is 14.2 Å². The molecule has 6 aliphatic carbocycles. The number of carbonyl (C=O) groups is 1. The van der Waals surface area contributed by atoms with Crippen molar-refractivity contribution < 1.29 is 24.1 Å². The van der Waals surface area contributed by atoms with Crippen molar-refractivity contribution in [3.05, 3.63) is 23.3 Å². The zero-order valence-electron chi connectivity index (χ0n) is 24.0. The van der Waals surface area contributed by atoms with Gasteiger partial charge in [0.25, 0.3) is 0 Å². The second kappa shape index (κ2) is 8.75. The Morgan fingerprint density at radius 2 is 1.56 bits per heavy atom. The summed E-state index contributed by atoms with van der Waals surface area (Å²) >= 11 is 0. The molecule has 2 saturated heterocycles. The van der Waals surface area contributed by atoms with E-state index < -0.39 is 11.4 Å². The second-order valence-corrected chi connectivity index (χ2v) is 15.1. The molecule has 2 aliphatic heterocycles. The summed E-state index contributed by atoms with van der Waals surface area (Å²) in [6, 6.07) is 0. The van der Waals surface area contributed by atoms with Crippen molar-refractivity contribution in [2.24, 2.45) is 40.9 Å². The van der Waals surface area contributed by atoms with E-state index in [1.807, 2.05) is 0 Å². The first-order valence-corrected chi connectivity index (χ1v) is 16.4. The summed E-state index contributed by atoms with van der Waals surface area (Å²) < 4.78 is 19.0. The molecule has 6 atom stereocenters. The van der Waals surface area contributed by atoms with Crippen molar-refractivity contribution in [2.75, 3.05) is 19.8 Å². The van der Waals surface area contributed by atoms with Crippen LogP contribution in [0.15, 0.2) is 23.3 Å². The number of ketones is 1. The molecule has 7 fully saturated rings. The highest BCUT2D eigenvalue weighted by Crippen LogP contribution is 2.70. The second-order valence-electron chi connectivity index (χ2n) is 15.1. The van der Waals surface area contributed by atoms with E-state index in [9.17, 15) is 9.90 Å². The molecule has 0 aromatic carbocycles. The highest BCUT2D eigenvalue weighted by molar-refractivity contribution is 5.85. The number of Topliss-reactive ketones (excluding diaryl/α,β-unsaturated/α-hetero) is 1. The van der Waals surface area contributed by atoms with E-state index in [0.717, 1.165) is 90.1 Å². The Balaban J connectivity index is 1.17. The Labute approximate surface area is 234 Å². The summed E-state index contributed by atoms with van der Waals surface area (Å²) in [4.78, 5) is 12.9. The maximum absolute atomic E-state index is 12.9. The predicted molar refractivity (Wildman–Crippen MR) is 148 cm³/mol. The fourth-order valence-corrected chi connectivity index (χ4v) is 11.5. The lowest BCUT2D eigenvalue weighted by Crippen LogP contribution is -2.57. The minimum Gasteiger partial charge on any atom is -0.385 e. The summed E-state index contributed by atoms with van der Waals surface area (Å²) in [7, 11) is 0. The van der Waals surface area contributed by atoms with E-state index in [-0.39, 0.29) is 11.0 Å². The van der Waals surface area contributed by atoms with Crippen LogP contribution in [0.4, 0.5) is 0 Å². The van der Waals surface area contributed by atoms with Crippen LogP contribution in [0.3, 0.4) is 0 Å². The van der Waals surface area contributed by atoms with Gasteiger partial charge in [-0.1, -0.05) is 19.1 Å². The van der Waals surface area contributed by atoms with Crippen molar-refractivity contribution in [3.63, 3.8) is 0 Å². The minimum atomic E-state index is -0.802. The van der Waals surface area contributed by atoms with Gasteiger partial charge in [0, 0.05) is 30.1 Å². The van der Waals surface area contributed by atoms with Crippen molar-refractivity contribution in [3.8, 4) is 0 Å². The van der Waals surface area contributed by atoms with Crippen LogP contribution in [0, 0.1) is 40.9 Å². The molecule has 0 aromatic heterocycles. The monoisotopic (exact) mass is 536 g/mol. The fourth-order valence-electron chi connectivity index (χ4n) is 11.5. The number of hydrogen-bond acceptors (Lipinski definition) is 5. The molecule has 0 aromatic rings. The third-order valence-electron chi connectivity index (χ3n) is 13.4. The molecule has 1 N–H and O–H groups in total. The van der Waals surface area contributed by atoms with Crippen molar-refractivity contribution in [1.82, 2.24) is 0 Å². The van der Waals surface area contributed by atoms with Gasteiger partial charge in [0.15, 0.2) is 5.79 Å². The third-order valence-corrected chi connectivity index (χ3v) is 13.4. The molecule has 39 heavy (non-hydrogen) atoms. The van der Waals surface area contributed by atoms with Crippen LogP contribution in [0.5, 0.6) is 0 Å². The molecule has 8 aliphatic rings. The molecule has 0 amide bonds. The number of fused-ring (bicyclic) bond motifs is 5. The van der Waals surface area contributed by atoms with Gasteiger partial charge in [-0.25, -0.2) is 0 Å². The van der Waals surface area contributed by atoms with E-state index in [2.05, 4.69) is 13.5 Å². The SMILES string of the molecule is C=C1CCO[C@]12CCC1C3CC[C@@]4(O)CC5(CCC4=C3[C@@H](C3CCC(C(=O)C4CC4)CC3)C[C@@]12C)OCCO5. The molecular formula is C34H48O5. The zero-order valence-corrected chi connectivity index (χ0v) is 24.0. The van der Waals surface area contributed by atoms with E-state index in [1.54, 1.807) is 5.57 Å². The predicted octanol–water partition coefficient (Wildman–Crippen LogP) is 6.29. The van der Waals surface area contributed by atoms with Gasteiger partial charge in [-0.05, 0) is 118 Å². The summed E-state index contributed by atoms with van der Waals surface area (Å²) in [5, 5.41) is 12.3. The molecule has 2 spiro atoms. The first-order valence-electron chi connectivity index (χ1n) is 16.4. The average molecular weight is 537 g/mol. The fraction of sp³-hybridized carbons (Fsp3) is 0.853. The van der Waals surface area contributed by atoms with Gasteiger partial charge in [0.05, 0.1) is 31.0 Å². The maximum Gasteiger partial charge on any atom is 0.171 e. The zero-order chi connectivity index (χ0) is 26.6. The molecule has 8 rings (SSSR count). The number of aliphatic hydroxyl groups is 1. The lowest BCUT2D eigenvalue weighted by molar-refractivity contribution is -0.209. The first-order chi connectivity index (χ1) is 18.8. The molecular weight excluding hydrogens is 488 g/mol. The maximum atomic E-state index is 12.9. The van der Waals surface area contributed by atoms with Crippen LogP contribution in [-0.2, 0) is 19.0 Å². The smallest absolute Gasteiger partial charge is 0.171 e. The standard InChI is InChI=1S/C34H48O5/c1-21-12-16-39-34(21)15-11-27-25-9-13-32(36)20-33(37-17-18-38-33)14-10-28(32)29(25)26(19-31(27,34)2)22-3-5-23(6-4-22)30(35)24-7-8-24/h22-27,36H,1,3-20H2,2H3/t22?,23?,25?,26-,27?,31+,32-,34-/m1/s1. The summed E-state index contributed by atoms with van der Waals surface area (Å²) in [5.74, 6) is 2.85. The van der Waals surface area contributed by atoms with Crippen LogP contribution in [0.2, 0.25) is 0 Å². The van der Waals surface area contributed by atoms with Crippen LogP contribution < -0.4 is 0 Å². The molecule has 0 bridgehead atoms. The van der Waals surface area contributed by atoms with Crippen molar-refractivity contribution in [2.45, 2.75) is 120 Å². The van der Waals surface area contributed by atoms with Gasteiger partial charge in [0.1, 0.15) is 5.78 Å². The largest absolute Gasteiger partial charge is 0.385 e. The number of hydrogen-bond donors (Lipinski definition) is 1. The van der Waals surface area contributed by atoms with Gasteiger partial charge in [-0.15, -0.1) is 0 Å². The lowest BCUT2D eigenvalue weighted by Gasteiger charge is -2.59. The molecule has 2 unspecified atom stereocenters. The van der Waals surface area contributed by atoms with E-state index in [1.165, 1.54) is 17.6 Å².